The fraction of sp³-hybridized carbons (Fsp3) is 0.444. The summed E-state index contributed by atoms with van der Waals surface area (Å²) in [6, 6.07) is 5.31. The van der Waals surface area contributed by atoms with Crippen LogP contribution in [0.4, 0.5) is 5.69 Å². The summed E-state index contributed by atoms with van der Waals surface area (Å²) < 4.78 is 6.04. The number of ketones is 1. The lowest BCUT2D eigenvalue weighted by Gasteiger charge is -2.41. The smallest absolute Gasteiger partial charge is 0.271 e. The van der Waals surface area contributed by atoms with Crippen LogP contribution in [0.5, 0.6) is 5.75 Å². The molecule has 4 heteroatoms. The predicted molar refractivity (Wildman–Crippen MR) is 87.6 cm³/mol. The molecule has 0 saturated carbocycles. The van der Waals surface area contributed by atoms with Gasteiger partial charge in [0.1, 0.15) is 5.75 Å². The number of benzene rings is 1. The number of nitrogens with zero attached hydrogens (tertiary/aromatic N) is 1. The van der Waals surface area contributed by atoms with Crippen LogP contribution in [-0.4, -0.2) is 23.8 Å². The molecular weight excluding hydrogens is 278 g/mol. The zero-order valence-corrected chi connectivity index (χ0v) is 13.5. The second kappa shape index (κ2) is 6.34. The van der Waals surface area contributed by atoms with Gasteiger partial charge in [-0.15, -0.1) is 6.58 Å². The minimum atomic E-state index is -0.827. The van der Waals surface area contributed by atoms with Crippen molar-refractivity contribution in [2.24, 2.45) is 0 Å². The van der Waals surface area contributed by atoms with Crippen LogP contribution in [0.15, 0.2) is 30.9 Å². The van der Waals surface area contributed by atoms with E-state index in [1.165, 1.54) is 0 Å². The van der Waals surface area contributed by atoms with E-state index in [1.54, 1.807) is 29.2 Å². The molecular formula is C18H23NO3. The van der Waals surface area contributed by atoms with Gasteiger partial charge in [-0.2, -0.15) is 0 Å². The largest absolute Gasteiger partial charge is 0.475 e. The average Bonchev–Trinajstić information content (AvgIpc) is 2.56. The maximum atomic E-state index is 12.9. The van der Waals surface area contributed by atoms with Gasteiger partial charge in [0.15, 0.2) is 11.4 Å². The maximum Gasteiger partial charge on any atom is 0.271 e. The maximum absolute atomic E-state index is 12.9. The van der Waals surface area contributed by atoms with Crippen LogP contribution in [0, 0.1) is 0 Å². The van der Waals surface area contributed by atoms with Gasteiger partial charge in [-0.3, -0.25) is 9.59 Å². The number of hydrogen-bond acceptors (Lipinski definition) is 3. The van der Waals surface area contributed by atoms with Crippen molar-refractivity contribution in [3.63, 3.8) is 0 Å². The van der Waals surface area contributed by atoms with Crippen molar-refractivity contribution < 1.29 is 14.3 Å². The summed E-state index contributed by atoms with van der Waals surface area (Å²) in [5.74, 6) is 0.639. The highest BCUT2D eigenvalue weighted by molar-refractivity contribution is 6.05. The van der Waals surface area contributed by atoms with E-state index < -0.39 is 5.60 Å². The Labute approximate surface area is 131 Å². The quantitative estimate of drug-likeness (QED) is 0.594. The molecule has 0 spiro atoms. The van der Waals surface area contributed by atoms with Crippen LogP contribution in [0.3, 0.4) is 0 Å². The lowest BCUT2D eigenvalue weighted by molar-refractivity contribution is -0.136. The Hall–Kier alpha value is -2.10. The van der Waals surface area contributed by atoms with Crippen LogP contribution in [0.1, 0.15) is 50.4 Å². The summed E-state index contributed by atoms with van der Waals surface area (Å²) >= 11 is 0. The Kier molecular flexibility index (Phi) is 4.69. The summed E-state index contributed by atoms with van der Waals surface area (Å²) in [5, 5.41) is 0. The van der Waals surface area contributed by atoms with Crippen LogP contribution in [-0.2, 0) is 4.79 Å². The van der Waals surface area contributed by atoms with E-state index in [4.69, 9.17) is 4.74 Å². The topological polar surface area (TPSA) is 46.6 Å². The molecule has 118 valence electrons. The monoisotopic (exact) mass is 301 g/mol. The lowest BCUT2D eigenvalue weighted by atomic mass is 9.92. The molecule has 2 rings (SSSR count). The van der Waals surface area contributed by atoms with E-state index in [9.17, 15) is 9.59 Å². The Bertz CT molecular complexity index is 602. The minimum Gasteiger partial charge on any atom is -0.475 e. The number of rotatable bonds is 6. The molecule has 1 heterocycles. The molecule has 0 aliphatic carbocycles. The molecule has 0 radical (unpaired) electrons. The van der Waals surface area contributed by atoms with E-state index in [0.29, 0.717) is 42.8 Å². The van der Waals surface area contributed by atoms with Crippen molar-refractivity contribution in [1.29, 1.82) is 0 Å². The van der Waals surface area contributed by atoms with Gasteiger partial charge >= 0.3 is 0 Å². The third-order valence-corrected chi connectivity index (χ3v) is 4.29. The number of hydrogen-bond donors (Lipinski definition) is 0. The van der Waals surface area contributed by atoms with Crippen LogP contribution in [0.25, 0.3) is 0 Å². The number of amides is 1. The predicted octanol–water partition coefficient (Wildman–Crippen LogP) is 3.75. The first-order chi connectivity index (χ1) is 10.5. The molecule has 1 aromatic carbocycles. The van der Waals surface area contributed by atoms with Crippen molar-refractivity contribution in [3.8, 4) is 5.75 Å². The number of carbonyl (C=O) groups excluding carboxylic acids is 2. The first-order valence-electron chi connectivity index (χ1n) is 7.82. The van der Waals surface area contributed by atoms with Gasteiger partial charge in [0.2, 0.25) is 0 Å². The molecule has 0 fully saturated rings. The molecule has 1 amide bonds. The van der Waals surface area contributed by atoms with E-state index in [-0.39, 0.29) is 11.7 Å². The van der Waals surface area contributed by atoms with E-state index >= 15 is 0 Å². The summed E-state index contributed by atoms with van der Waals surface area (Å²) in [4.78, 5) is 26.5. The molecule has 1 aliphatic rings. The third-order valence-electron chi connectivity index (χ3n) is 4.29. The second-order valence-corrected chi connectivity index (χ2v) is 5.47. The SMILES string of the molecule is C=CCN1C(=O)C(CC)(CC)Oc2ccc(C(=O)CC)cc21. The van der Waals surface area contributed by atoms with Gasteiger partial charge in [-0.05, 0) is 31.0 Å². The summed E-state index contributed by atoms with van der Waals surface area (Å²) in [5.41, 5.74) is 0.431. The molecule has 22 heavy (non-hydrogen) atoms. The van der Waals surface area contributed by atoms with Crippen molar-refractivity contribution >= 4 is 17.4 Å². The minimum absolute atomic E-state index is 0.0524. The van der Waals surface area contributed by atoms with Gasteiger partial charge < -0.3 is 9.64 Å². The Balaban J connectivity index is 2.56. The zero-order valence-electron chi connectivity index (χ0n) is 13.5. The van der Waals surface area contributed by atoms with Crippen LogP contribution in [0.2, 0.25) is 0 Å². The lowest BCUT2D eigenvalue weighted by Crippen LogP contribution is -2.55. The number of fused-ring (bicyclic) bond motifs is 1. The number of ether oxygens (including phenoxy) is 1. The van der Waals surface area contributed by atoms with Gasteiger partial charge in [0.25, 0.3) is 5.91 Å². The average molecular weight is 301 g/mol. The number of carbonyl (C=O) groups is 2. The second-order valence-electron chi connectivity index (χ2n) is 5.47. The van der Waals surface area contributed by atoms with Gasteiger partial charge in [-0.25, -0.2) is 0 Å². The van der Waals surface area contributed by atoms with E-state index in [2.05, 4.69) is 6.58 Å². The Morgan fingerprint density at radius 2 is 2.00 bits per heavy atom. The van der Waals surface area contributed by atoms with Crippen LogP contribution < -0.4 is 9.64 Å². The van der Waals surface area contributed by atoms with Crippen molar-refractivity contribution in [1.82, 2.24) is 0 Å². The Morgan fingerprint density at radius 1 is 1.32 bits per heavy atom. The summed E-state index contributed by atoms with van der Waals surface area (Å²) in [6.07, 6.45) is 3.33. The molecule has 1 aromatic rings. The molecule has 0 saturated heterocycles. The molecule has 4 nitrogen and oxygen atoms in total. The fourth-order valence-electron chi connectivity index (χ4n) is 2.81. The van der Waals surface area contributed by atoms with Crippen molar-refractivity contribution in [2.75, 3.05) is 11.4 Å². The van der Waals surface area contributed by atoms with Gasteiger partial charge in [0, 0.05) is 18.5 Å². The third kappa shape index (κ3) is 2.54. The highest BCUT2D eigenvalue weighted by Crippen LogP contribution is 2.41. The molecule has 0 N–H and O–H groups in total. The molecule has 0 unspecified atom stereocenters. The highest BCUT2D eigenvalue weighted by atomic mass is 16.5. The normalized spacial score (nSPS) is 16.0. The molecule has 0 atom stereocenters. The van der Waals surface area contributed by atoms with Crippen LogP contribution >= 0.6 is 0 Å². The summed E-state index contributed by atoms with van der Waals surface area (Å²) in [7, 11) is 0. The molecule has 0 aromatic heterocycles. The molecule has 0 bridgehead atoms. The molecule has 1 aliphatic heterocycles. The van der Waals surface area contributed by atoms with Crippen molar-refractivity contribution in [2.45, 2.75) is 45.6 Å². The van der Waals surface area contributed by atoms with Gasteiger partial charge in [0.05, 0.1) is 5.69 Å². The van der Waals surface area contributed by atoms with Gasteiger partial charge in [-0.1, -0.05) is 26.8 Å². The number of Topliss-reactive ketones (excluding diaryl/α,β-unsaturated/α-hetero) is 1. The Morgan fingerprint density at radius 3 is 2.55 bits per heavy atom. The van der Waals surface area contributed by atoms with E-state index in [0.717, 1.165) is 0 Å². The first-order valence-corrected chi connectivity index (χ1v) is 7.82. The van der Waals surface area contributed by atoms with E-state index in [1.807, 2.05) is 20.8 Å². The van der Waals surface area contributed by atoms with Crippen molar-refractivity contribution in [3.05, 3.63) is 36.4 Å². The number of anilines is 1. The first kappa shape index (κ1) is 16.3. The standard InChI is InChI=1S/C18H23NO3/c1-5-11-19-14-12-13(15(20)6-2)9-10-16(14)22-18(7-3,8-4)17(19)21/h5,9-10,12H,1,6-8,11H2,2-4H3. The highest BCUT2D eigenvalue weighted by Gasteiger charge is 2.45. The summed E-state index contributed by atoms with van der Waals surface area (Å²) in [6.45, 7) is 9.86. The zero-order chi connectivity index (χ0) is 16.3. The fourth-order valence-corrected chi connectivity index (χ4v) is 2.81.